The van der Waals surface area contributed by atoms with Crippen LogP contribution >= 0.6 is 0 Å². The maximum atomic E-state index is 12.0. The van der Waals surface area contributed by atoms with Crippen molar-refractivity contribution >= 4 is 21.8 Å². The zero-order chi connectivity index (χ0) is 16.2. The number of sulfonamides is 1. The van der Waals surface area contributed by atoms with Crippen LogP contribution in [0.3, 0.4) is 0 Å². The molecule has 1 aromatic rings. The smallest absolute Gasteiger partial charge is 0.229 e. The van der Waals surface area contributed by atoms with E-state index >= 15 is 0 Å². The molecule has 1 saturated heterocycles. The summed E-state index contributed by atoms with van der Waals surface area (Å²) < 4.78 is 31.8. The second kappa shape index (κ2) is 7.06. The molecule has 0 radical (unpaired) electrons. The fourth-order valence-corrected chi connectivity index (χ4v) is 3.64. The summed E-state index contributed by atoms with van der Waals surface area (Å²) in [5.74, 6) is -0.186. The van der Waals surface area contributed by atoms with Crippen molar-refractivity contribution in [2.24, 2.45) is 0 Å². The maximum Gasteiger partial charge on any atom is 0.229 e. The zero-order valence-electron chi connectivity index (χ0n) is 12.4. The molecular weight excluding hydrogens is 308 g/mol. The van der Waals surface area contributed by atoms with Gasteiger partial charge in [-0.3, -0.25) is 14.5 Å². The quantitative estimate of drug-likeness (QED) is 0.742. The van der Waals surface area contributed by atoms with Gasteiger partial charge in [0.05, 0.1) is 12.0 Å². The van der Waals surface area contributed by atoms with Crippen LogP contribution in [0.1, 0.15) is 31.9 Å². The minimum absolute atomic E-state index is 0.0968. The van der Waals surface area contributed by atoms with Gasteiger partial charge in [-0.1, -0.05) is 0 Å². The number of hydrogen-bond acceptors (Lipinski definition) is 5. The molecule has 7 nitrogen and oxygen atoms in total. The van der Waals surface area contributed by atoms with E-state index < -0.39 is 10.0 Å². The van der Waals surface area contributed by atoms with Crippen molar-refractivity contribution in [3.05, 3.63) is 24.2 Å². The third-order valence-corrected chi connectivity index (χ3v) is 4.92. The molecule has 0 bridgehead atoms. The Hall–Kier alpha value is -1.67. The number of carbonyl (C=O) groups excluding carboxylic acids is 2. The first-order valence-corrected chi connectivity index (χ1v) is 8.88. The minimum Gasteiger partial charge on any atom is -0.469 e. The van der Waals surface area contributed by atoms with Gasteiger partial charge in [-0.05, 0) is 25.5 Å². The molecular formula is C14H20N2O5S. The van der Waals surface area contributed by atoms with E-state index in [0.717, 1.165) is 4.90 Å². The van der Waals surface area contributed by atoms with Gasteiger partial charge >= 0.3 is 0 Å². The van der Waals surface area contributed by atoms with Gasteiger partial charge in [0, 0.05) is 31.8 Å². The van der Waals surface area contributed by atoms with Crippen molar-refractivity contribution in [1.82, 2.24) is 9.62 Å². The third kappa shape index (κ3) is 4.67. The zero-order valence-corrected chi connectivity index (χ0v) is 13.3. The van der Waals surface area contributed by atoms with Gasteiger partial charge in [-0.25, -0.2) is 13.1 Å². The van der Waals surface area contributed by atoms with Crippen molar-refractivity contribution in [2.45, 2.75) is 38.6 Å². The summed E-state index contributed by atoms with van der Waals surface area (Å²) in [5.41, 5.74) is 0. The molecule has 1 fully saturated rings. The number of likely N-dealkylation sites (tertiary alicyclic amines) is 1. The standard InChI is InChI=1S/C14H20N2O5S/c1-11(10-12-4-3-8-21-12)15-22(19,20)9-7-16-13(17)5-2-6-14(16)18/h3-4,8,11,15H,2,5-7,9-10H2,1H3/t11-/m1/s1. The summed E-state index contributed by atoms with van der Waals surface area (Å²) in [6.45, 7) is 1.64. The summed E-state index contributed by atoms with van der Waals surface area (Å²) in [7, 11) is -3.57. The molecule has 0 spiro atoms. The average Bonchev–Trinajstić information content (AvgIpc) is 2.90. The topological polar surface area (TPSA) is 96.7 Å². The molecule has 1 aliphatic heterocycles. The van der Waals surface area contributed by atoms with Crippen molar-refractivity contribution in [3.8, 4) is 0 Å². The van der Waals surface area contributed by atoms with Crippen molar-refractivity contribution in [2.75, 3.05) is 12.3 Å². The highest BCUT2D eigenvalue weighted by atomic mass is 32.2. The van der Waals surface area contributed by atoms with Gasteiger partial charge in [0.2, 0.25) is 21.8 Å². The molecule has 0 aromatic carbocycles. The Morgan fingerprint density at radius 2 is 2.00 bits per heavy atom. The highest BCUT2D eigenvalue weighted by molar-refractivity contribution is 7.89. The number of hydrogen-bond donors (Lipinski definition) is 1. The first kappa shape index (κ1) is 16.7. The molecule has 1 aromatic heterocycles. The normalized spacial score (nSPS) is 17.8. The fraction of sp³-hybridized carbons (Fsp3) is 0.571. The second-order valence-electron chi connectivity index (χ2n) is 5.41. The number of imide groups is 1. The largest absolute Gasteiger partial charge is 0.469 e. The number of carbonyl (C=O) groups is 2. The van der Waals surface area contributed by atoms with Crippen molar-refractivity contribution in [1.29, 1.82) is 0 Å². The lowest BCUT2D eigenvalue weighted by Crippen LogP contribution is -2.45. The molecule has 1 aliphatic rings. The van der Waals surface area contributed by atoms with Crippen molar-refractivity contribution < 1.29 is 22.4 Å². The highest BCUT2D eigenvalue weighted by Gasteiger charge is 2.27. The monoisotopic (exact) mass is 328 g/mol. The summed E-state index contributed by atoms with van der Waals surface area (Å²) >= 11 is 0. The van der Waals surface area contributed by atoms with E-state index in [9.17, 15) is 18.0 Å². The lowest BCUT2D eigenvalue weighted by Gasteiger charge is -2.25. The van der Waals surface area contributed by atoms with Crippen LogP contribution in [0.25, 0.3) is 0 Å². The van der Waals surface area contributed by atoms with Crippen LogP contribution in [-0.4, -0.2) is 43.5 Å². The van der Waals surface area contributed by atoms with E-state index in [-0.39, 0.29) is 30.2 Å². The SMILES string of the molecule is C[C@H](Cc1ccco1)NS(=O)(=O)CCN1C(=O)CCCC1=O. The van der Waals surface area contributed by atoms with E-state index in [1.165, 1.54) is 6.26 Å². The Kier molecular flexibility index (Phi) is 5.36. The van der Waals surface area contributed by atoms with Gasteiger partial charge in [0.1, 0.15) is 5.76 Å². The predicted octanol–water partition coefficient (Wildman–Crippen LogP) is 0.669. The number of furan rings is 1. The molecule has 8 heteroatoms. The molecule has 122 valence electrons. The van der Waals surface area contributed by atoms with Crippen LogP contribution in [0, 0.1) is 0 Å². The van der Waals surface area contributed by atoms with Crippen LogP contribution in [0.4, 0.5) is 0 Å². The third-order valence-electron chi connectivity index (χ3n) is 3.44. The Morgan fingerprint density at radius 3 is 2.59 bits per heavy atom. The van der Waals surface area contributed by atoms with E-state index in [1.54, 1.807) is 19.1 Å². The molecule has 22 heavy (non-hydrogen) atoms. The molecule has 2 rings (SSSR count). The Bertz CT molecular complexity index is 608. The van der Waals surface area contributed by atoms with Gasteiger partial charge in [0.15, 0.2) is 0 Å². The van der Waals surface area contributed by atoms with Gasteiger partial charge in [-0.15, -0.1) is 0 Å². The maximum absolute atomic E-state index is 12.0. The highest BCUT2D eigenvalue weighted by Crippen LogP contribution is 2.12. The van der Waals surface area contributed by atoms with Crippen LogP contribution < -0.4 is 4.72 Å². The van der Waals surface area contributed by atoms with Gasteiger partial charge in [-0.2, -0.15) is 0 Å². The molecule has 1 N–H and O–H groups in total. The average molecular weight is 328 g/mol. The van der Waals surface area contributed by atoms with E-state index in [2.05, 4.69) is 4.72 Å². The first-order chi connectivity index (χ1) is 10.4. The molecule has 2 heterocycles. The minimum atomic E-state index is -3.57. The number of nitrogens with zero attached hydrogens (tertiary/aromatic N) is 1. The molecule has 0 saturated carbocycles. The van der Waals surface area contributed by atoms with Crippen LogP contribution in [-0.2, 0) is 26.0 Å². The van der Waals surface area contributed by atoms with E-state index in [0.29, 0.717) is 31.4 Å². The summed E-state index contributed by atoms with van der Waals surface area (Å²) in [5, 5.41) is 0. The molecule has 2 amide bonds. The van der Waals surface area contributed by atoms with Gasteiger partial charge in [0.25, 0.3) is 0 Å². The Labute approximate surface area is 129 Å². The van der Waals surface area contributed by atoms with Crippen LogP contribution in [0.15, 0.2) is 22.8 Å². The number of amides is 2. The predicted molar refractivity (Wildman–Crippen MR) is 79.4 cm³/mol. The lowest BCUT2D eigenvalue weighted by atomic mass is 10.1. The molecule has 0 unspecified atom stereocenters. The number of nitrogens with one attached hydrogen (secondary N) is 1. The van der Waals surface area contributed by atoms with E-state index in [1.807, 2.05) is 0 Å². The summed E-state index contributed by atoms with van der Waals surface area (Å²) in [6.07, 6.45) is 3.11. The van der Waals surface area contributed by atoms with Crippen molar-refractivity contribution in [3.63, 3.8) is 0 Å². The first-order valence-electron chi connectivity index (χ1n) is 7.23. The lowest BCUT2D eigenvalue weighted by molar-refractivity contribution is -0.147. The van der Waals surface area contributed by atoms with Crippen LogP contribution in [0.5, 0.6) is 0 Å². The second-order valence-corrected chi connectivity index (χ2v) is 7.29. The Balaban J connectivity index is 1.85. The summed E-state index contributed by atoms with van der Waals surface area (Å²) in [6, 6.07) is 3.18. The molecule has 0 aliphatic carbocycles. The molecule has 1 atom stereocenters. The Morgan fingerprint density at radius 1 is 1.32 bits per heavy atom. The fourth-order valence-electron chi connectivity index (χ4n) is 2.40. The summed E-state index contributed by atoms with van der Waals surface area (Å²) in [4.78, 5) is 24.3. The van der Waals surface area contributed by atoms with E-state index in [4.69, 9.17) is 4.42 Å². The van der Waals surface area contributed by atoms with Crippen LogP contribution in [0.2, 0.25) is 0 Å². The van der Waals surface area contributed by atoms with Gasteiger partial charge < -0.3 is 4.42 Å². The number of rotatable bonds is 7. The number of piperidine rings is 1.